The zero-order chi connectivity index (χ0) is 14.2. The average molecular weight is 275 g/mol. The molecule has 0 spiro atoms. The highest BCUT2D eigenvalue weighted by atomic mass is 14.9. The number of aromatic nitrogens is 1. The summed E-state index contributed by atoms with van der Waals surface area (Å²) in [5.41, 5.74) is 11.7. The molecule has 3 nitrogen and oxygen atoms in total. The minimum Gasteiger partial charge on any atom is -0.397 e. The first kappa shape index (κ1) is 12.2. The highest BCUT2D eigenvalue weighted by Gasteiger charge is 2.24. The van der Waals surface area contributed by atoms with Gasteiger partial charge in [-0.1, -0.05) is 24.3 Å². The molecule has 3 aromatic rings. The third-order valence-corrected chi connectivity index (χ3v) is 4.30. The van der Waals surface area contributed by atoms with E-state index in [1.165, 1.54) is 11.1 Å². The number of nitrogens with zero attached hydrogens (tertiary/aromatic N) is 1. The van der Waals surface area contributed by atoms with E-state index in [9.17, 15) is 0 Å². The molecule has 2 aromatic carbocycles. The number of pyridine rings is 1. The molecular formula is C18H17N3. The molecule has 104 valence electrons. The van der Waals surface area contributed by atoms with Crippen LogP contribution in [-0.2, 0) is 6.42 Å². The van der Waals surface area contributed by atoms with Crippen LogP contribution in [0.2, 0.25) is 0 Å². The zero-order valence-corrected chi connectivity index (χ0v) is 11.7. The standard InChI is InChI=1S/C18H17N3/c19-16-7-8-17(15-6-3-9-20-18(15)16)21-11-13-10-12-4-1-2-5-14(12)13/h1-9,13,21H,10-11,19H2. The number of hydrogen-bond acceptors (Lipinski definition) is 3. The molecule has 1 unspecified atom stereocenters. The van der Waals surface area contributed by atoms with Crippen molar-refractivity contribution in [1.29, 1.82) is 0 Å². The third kappa shape index (κ3) is 2.02. The van der Waals surface area contributed by atoms with Crippen molar-refractivity contribution >= 4 is 22.3 Å². The molecule has 3 heteroatoms. The van der Waals surface area contributed by atoms with Crippen LogP contribution < -0.4 is 11.1 Å². The summed E-state index contributed by atoms with van der Waals surface area (Å²) in [7, 11) is 0. The van der Waals surface area contributed by atoms with Gasteiger partial charge in [-0.25, -0.2) is 0 Å². The van der Waals surface area contributed by atoms with Crippen LogP contribution in [0, 0.1) is 0 Å². The Morgan fingerprint density at radius 3 is 2.90 bits per heavy atom. The van der Waals surface area contributed by atoms with Crippen molar-refractivity contribution in [3.05, 3.63) is 65.9 Å². The lowest BCUT2D eigenvalue weighted by Gasteiger charge is -2.30. The molecule has 0 aliphatic heterocycles. The fourth-order valence-electron chi connectivity index (χ4n) is 3.13. The number of nitrogens with one attached hydrogen (secondary N) is 1. The van der Waals surface area contributed by atoms with Gasteiger partial charge in [0, 0.05) is 29.7 Å². The van der Waals surface area contributed by atoms with Gasteiger partial charge >= 0.3 is 0 Å². The third-order valence-electron chi connectivity index (χ3n) is 4.30. The Bertz CT molecular complexity index is 810. The van der Waals surface area contributed by atoms with Crippen LogP contribution in [0.1, 0.15) is 17.0 Å². The van der Waals surface area contributed by atoms with Gasteiger partial charge in [0.1, 0.15) is 0 Å². The van der Waals surface area contributed by atoms with E-state index in [0.717, 1.165) is 35.2 Å². The Hall–Kier alpha value is -2.55. The maximum Gasteiger partial charge on any atom is 0.0951 e. The van der Waals surface area contributed by atoms with E-state index in [-0.39, 0.29) is 0 Å². The summed E-state index contributed by atoms with van der Waals surface area (Å²) in [5.74, 6) is 0.602. The van der Waals surface area contributed by atoms with Crippen LogP contribution in [-0.4, -0.2) is 11.5 Å². The van der Waals surface area contributed by atoms with Crippen LogP contribution in [0.15, 0.2) is 54.7 Å². The summed E-state index contributed by atoms with van der Waals surface area (Å²) in [5, 5.41) is 4.65. The van der Waals surface area contributed by atoms with Gasteiger partial charge in [0.25, 0.3) is 0 Å². The van der Waals surface area contributed by atoms with Crippen molar-refractivity contribution in [1.82, 2.24) is 4.98 Å². The molecule has 1 heterocycles. The zero-order valence-electron chi connectivity index (χ0n) is 11.7. The summed E-state index contributed by atoms with van der Waals surface area (Å²) in [6.45, 7) is 0.949. The molecule has 0 bridgehead atoms. The van der Waals surface area contributed by atoms with Crippen molar-refractivity contribution in [2.45, 2.75) is 12.3 Å². The smallest absolute Gasteiger partial charge is 0.0951 e. The maximum atomic E-state index is 5.99. The first-order chi connectivity index (χ1) is 10.3. The Balaban J connectivity index is 1.58. The fourth-order valence-corrected chi connectivity index (χ4v) is 3.13. The SMILES string of the molecule is Nc1ccc(NCC2Cc3ccccc32)c2cccnc12. The molecule has 3 N–H and O–H groups in total. The Kier molecular flexibility index (Phi) is 2.78. The second-order valence-corrected chi connectivity index (χ2v) is 5.58. The van der Waals surface area contributed by atoms with Crippen molar-refractivity contribution < 1.29 is 0 Å². The molecule has 21 heavy (non-hydrogen) atoms. The van der Waals surface area contributed by atoms with E-state index in [1.807, 2.05) is 18.2 Å². The van der Waals surface area contributed by atoms with Gasteiger partial charge < -0.3 is 11.1 Å². The second kappa shape index (κ2) is 4.77. The Morgan fingerprint density at radius 1 is 1.10 bits per heavy atom. The monoisotopic (exact) mass is 275 g/mol. The fraction of sp³-hybridized carbons (Fsp3) is 0.167. The first-order valence-corrected chi connectivity index (χ1v) is 7.28. The lowest BCUT2D eigenvalue weighted by atomic mass is 9.77. The summed E-state index contributed by atoms with van der Waals surface area (Å²) >= 11 is 0. The molecular weight excluding hydrogens is 258 g/mol. The summed E-state index contributed by atoms with van der Waals surface area (Å²) in [4.78, 5) is 4.37. The van der Waals surface area contributed by atoms with Gasteiger partial charge in [0.05, 0.1) is 11.2 Å². The van der Waals surface area contributed by atoms with E-state index in [4.69, 9.17) is 5.73 Å². The molecule has 1 aliphatic rings. The highest BCUT2D eigenvalue weighted by Crippen LogP contribution is 2.35. The minimum atomic E-state index is 0.602. The number of nitrogen functional groups attached to an aromatic ring is 1. The van der Waals surface area contributed by atoms with E-state index < -0.39 is 0 Å². The molecule has 0 saturated carbocycles. The lowest BCUT2D eigenvalue weighted by Crippen LogP contribution is -2.24. The molecule has 1 atom stereocenters. The molecule has 4 rings (SSSR count). The molecule has 1 aromatic heterocycles. The minimum absolute atomic E-state index is 0.602. The molecule has 0 amide bonds. The van der Waals surface area contributed by atoms with Crippen molar-refractivity contribution in [2.75, 3.05) is 17.6 Å². The average Bonchev–Trinajstić information content (AvgIpc) is 2.50. The van der Waals surface area contributed by atoms with Crippen LogP contribution in [0.4, 0.5) is 11.4 Å². The van der Waals surface area contributed by atoms with Gasteiger partial charge in [-0.2, -0.15) is 0 Å². The maximum absolute atomic E-state index is 5.99. The predicted octanol–water partition coefficient (Wildman–Crippen LogP) is 3.57. The van der Waals surface area contributed by atoms with Crippen molar-refractivity contribution in [3.63, 3.8) is 0 Å². The summed E-state index contributed by atoms with van der Waals surface area (Å²) < 4.78 is 0. The number of fused-ring (bicyclic) bond motifs is 2. The molecule has 0 radical (unpaired) electrons. The number of nitrogens with two attached hydrogens (primary N) is 1. The molecule has 0 fully saturated rings. The van der Waals surface area contributed by atoms with E-state index in [1.54, 1.807) is 6.20 Å². The van der Waals surface area contributed by atoms with Crippen molar-refractivity contribution in [2.24, 2.45) is 0 Å². The topological polar surface area (TPSA) is 50.9 Å². The number of benzene rings is 2. The molecule has 1 aliphatic carbocycles. The van der Waals surface area contributed by atoms with E-state index in [0.29, 0.717) is 5.92 Å². The normalized spacial score (nSPS) is 16.3. The lowest BCUT2D eigenvalue weighted by molar-refractivity contribution is 0.636. The van der Waals surface area contributed by atoms with Gasteiger partial charge in [-0.05, 0) is 41.8 Å². The summed E-state index contributed by atoms with van der Waals surface area (Å²) in [6.07, 6.45) is 2.94. The highest BCUT2D eigenvalue weighted by molar-refractivity contribution is 5.98. The second-order valence-electron chi connectivity index (χ2n) is 5.58. The van der Waals surface area contributed by atoms with Gasteiger partial charge in [-0.3, -0.25) is 4.98 Å². The Labute approximate surface area is 123 Å². The van der Waals surface area contributed by atoms with Crippen LogP contribution >= 0.6 is 0 Å². The number of hydrogen-bond donors (Lipinski definition) is 2. The van der Waals surface area contributed by atoms with Crippen LogP contribution in [0.5, 0.6) is 0 Å². The predicted molar refractivity (Wildman–Crippen MR) is 87.5 cm³/mol. The van der Waals surface area contributed by atoms with Crippen molar-refractivity contribution in [3.8, 4) is 0 Å². The van der Waals surface area contributed by atoms with Crippen LogP contribution in [0.3, 0.4) is 0 Å². The van der Waals surface area contributed by atoms with Gasteiger partial charge in [0.2, 0.25) is 0 Å². The van der Waals surface area contributed by atoms with Gasteiger partial charge in [-0.15, -0.1) is 0 Å². The quantitative estimate of drug-likeness (QED) is 0.718. The number of anilines is 2. The van der Waals surface area contributed by atoms with E-state index >= 15 is 0 Å². The van der Waals surface area contributed by atoms with Gasteiger partial charge in [0.15, 0.2) is 0 Å². The first-order valence-electron chi connectivity index (χ1n) is 7.28. The van der Waals surface area contributed by atoms with E-state index in [2.05, 4.69) is 40.6 Å². The Morgan fingerprint density at radius 2 is 2.00 bits per heavy atom. The molecule has 0 saturated heterocycles. The van der Waals surface area contributed by atoms with Crippen LogP contribution in [0.25, 0.3) is 10.9 Å². The summed E-state index contributed by atoms with van der Waals surface area (Å²) in [6, 6.07) is 16.7. The largest absolute Gasteiger partial charge is 0.397 e. The number of rotatable bonds is 3.